The molecule has 30 heavy (non-hydrogen) atoms. The Morgan fingerprint density at radius 2 is 1.40 bits per heavy atom. The quantitative estimate of drug-likeness (QED) is 0.409. The molecule has 0 atom stereocenters. The second-order valence-corrected chi connectivity index (χ2v) is 7.81. The Morgan fingerprint density at radius 3 is 2.03 bits per heavy atom. The normalized spacial score (nSPS) is 10.3. The molecule has 0 aliphatic rings. The van der Waals surface area contributed by atoms with Crippen molar-refractivity contribution in [1.29, 1.82) is 0 Å². The first-order valence-electron chi connectivity index (χ1n) is 9.43. The Balaban J connectivity index is 1.50. The van der Waals surface area contributed by atoms with Crippen LogP contribution in [-0.2, 0) is 4.79 Å². The molecule has 0 saturated carbocycles. The van der Waals surface area contributed by atoms with Gasteiger partial charge in [0.05, 0.1) is 5.75 Å². The topological polar surface area (TPSA) is 75.3 Å². The van der Waals surface area contributed by atoms with Gasteiger partial charge in [0.15, 0.2) is 5.78 Å². The summed E-state index contributed by atoms with van der Waals surface area (Å²) in [6.07, 6.45) is 0. The van der Waals surface area contributed by atoms with E-state index in [1.807, 2.05) is 49.4 Å². The van der Waals surface area contributed by atoms with E-state index in [1.165, 1.54) is 18.7 Å². The van der Waals surface area contributed by atoms with Crippen LogP contribution in [0.1, 0.15) is 33.2 Å². The standard InChI is InChI=1S/C24H22N2O3S/c1-16-5-3-4-6-22(16)24(29)26-20-11-13-21(14-12-20)30-15-23(28)25-19-9-7-18(8-10-19)17(2)27/h3-14H,15H2,1-2H3,(H,25,28)(H,26,29). The van der Waals surface area contributed by atoms with Gasteiger partial charge < -0.3 is 10.6 Å². The average molecular weight is 419 g/mol. The molecule has 2 amide bonds. The molecule has 3 aromatic rings. The zero-order chi connectivity index (χ0) is 21.5. The lowest BCUT2D eigenvalue weighted by Gasteiger charge is -2.09. The molecule has 0 aliphatic carbocycles. The van der Waals surface area contributed by atoms with E-state index in [2.05, 4.69) is 10.6 Å². The van der Waals surface area contributed by atoms with Crippen LogP contribution in [-0.4, -0.2) is 23.4 Å². The monoisotopic (exact) mass is 418 g/mol. The molecule has 6 heteroatoms. The molecule has 152 valence electrons. The van der Waals surface area contributed by atoms with Gasteiger partial charge >= 0.3 is 0 Å². The van der Waals surface area contributed by atoms with E-state index in [0.29, 0.717) is 22.5 Å². The van der Waals surface area contributed by atoms with Crippen LogP contribution in [0.3, 0.4) is 0 Å². The van der Waals surface area contributed by atoms with E-state index in [4.69, 9.17) is 0 Å². The second-order valence-electron chi connectivity index (χ2n) is 6.76. The highest BCUT2D eigenvalue weighted by Gasteiger charge is 2.09. The largest absolute Gasteiger partial charge is 0.325 e. The summed E-state index contributed by atoms with van der Waals surface area (Å²) in [7, 11) is 0. The molecule has 5 nitrogen and oxygen atoms in total. The fraction of sp³-hybridized carbons (Fsp3) is 0.125. The van der Waals surface area contributed by atoms with Crippen LogP contribution >= 0.6 is 11.8 Å². The summed E-state index contributed by atoms with van der Waals surface area (Å²) in [5.41, 5.74) is 3.52. The number of thioether (sulfide) groups is 1. The number of rotatable bonds is 7. The Hall–Kier alpha value is -3.38. The van der Waals surface area contributed by atoms with Gasteiger partial charge in [0.25, 0.3) is 5.91 Å². The van der Waals surface area contributed by atoms with E-state index < -0.39 is 0 Å². The van der Waals surface area contributed by atoms with Gasteiger partial charge in [-0.2, -0.15) is 0 Å². The van der Waals surface area contributed by atoms with Crippen molar-refractivity contribution >= 4 is 40.7 Å². The maximum absolute atomic E-state index is 12.4. The van der Waals surface area contributed by atoms with E-state index in [-0.39, 0.29) is 23.4 Å². The van der Waals surface area contributed by atoms with Gasteiger partial charge in [-0.3, -0.25) is 14.4 Å². The Kier molecular flexibility index (Phi) is 7.03. The van der Waals surface area contributed by atoms with Gasteiger partial charge in [-0.05, 0) is 74.0 Å². The third kappa shape index (κ3) is 5.81. The Labute approximate surface area is 179 Å². The van der Waals surface area contributed by atoms with Crippen molar-refractivity contribution in [3.63, 3.8) is 0 Å². The average Bonchev–Trinajstić information content (AvgIpc) is 2.74. The van der Waals surface area contributed by atoms with Gasteiger partial charge in [0.1, 0.15) is 0 Å². The first-order chi connectivity index (χ1) is 14.4. The molecule has 0 spiro atoms. The Morgan fingerprint density at radius 1 is 0.800 bits per heavy atom. The number of hydrogen-bond acceptors (Lipinski definition) is 4. The SMILES string of the molecule is CC(=O)c1ccc(NC(=O)CSc2ccc(NC(=O)c3ccccc3C)cc2)cc1. The van der Waals surface area contributed by atoms with Crippen LogP contribution < -0.4 is 10.6 Å². The van der Waals surface area contributed by atoms with E-state index >= 15 is 0 Å². The zero-order valence-electron chi connectivity index (χ0n) is 16.8. The molecule has 0 fully saturated rings. The van der Waals surface area contributed by atoms with Crippen molar-refractivity contribution in [2.75, 3.05) is 16.4 Å². The van der Waals surface area contributed by atoms with E-state index in [9.17, 15) is 14.4 Å². The fourth-order valence-corrected chi connectivity index (χ4v) is 3.49. The van der Waals surface area contributed by atoms with Gasteiger partial charge in [0.2, 0.25) is 5.91 Å². The number of benzene rings is 3. The van der Waals surface area contributed by atoms with Crippen molar-refractivity contribution in [2.24, 2.45) is 0 Å². The smallest absolute Gasteiger partial charge is 0.255 e. The summed E-state index contributed by atoms with van der Waals surface area (Å²) in [5, 5.41) is 5.70. The van der Waals surface area contributed by atoms with Crippen LogP contribution in [0.5, 0.6) is 0 Å². The first kappa shape index (κ1) is 21.3. The van der Waals surface area contributed by atoms with E-state index in [1.54, 1.807) is 30.3 Å². The lowest BCUT2D eigenvalue weighted by atomic mass is 10.1. The van der Waals surface area contributed by atoms with E-state index in [0.717, 1.165) is 10.5 Å². The Bertz CT molecular complexity index is 1060. The highest BCUT2D eigenvalue weighted by molar-refractivity contribution is 8.00. The predicted molar refractivity (Wildman–Crippen MR) is 121 cm³/mol. The molecule has 0 saturated heterocycles. The highest BCUT2D eigenvalue weighted by atomic mass is 32.2. The molecule has 0 unspecified atom stereocenters. The summed E-state index contributed by atoms with van der Waals surface area (Å²) < 4.78 is 0. The van der Waals surface area contributed by atoms with Gasteiger partial charge in [-0.25, -0.2) is 0 Å². The second kappa shape index (κ2) is 9.89. The van der Waals surface area contributed by atoms with Crippen molar-refractivity contribution in [3.05, 3.63) is 89.5 Å². The number of anilines is 2. The predicted octanol–water partition coefficient (Wildman–Crippen LogP) is 5.18. The summed E-state index contributed by atoms with van der Waals surface area (Å²) in [6, 6.07) is 21.6. The fourth-order valence-electron chi connectivity index (χ4n) is 2.79. The molecule has 3 aromatic carbocycles. The highest BCUT2D eigenvalue weighted by Crippen LogP contribution is 2.21. The number of Topliss-reactive ketones (excluding diaryl/α,β-unsaturated/α-hetero) is 1. The molecule has 0 heterocycles. The van der Waals surface area contributed by atoms with Gasteiger partial charge in [0, 0.05) is 27.4 Å². The van der Waals surface area contributed by atoms with Gasteiger partial charge in [-0.1, -0.05) is 18.2 Å². The van der Waals surface area contributed by atoms with Crippen molar-refractivity contribution in [2.45, 2.75) is 18.7 Å². The number of aryl methyl sites for hydroxylation is 1. The molecule has 2 N–H and O–H groups in total. The first-order valence-corrected chi connectivity index (χ1v) is 10.4. The molecule has 0 aromatic heterocycles. The van der Waals surface area contributed by atoms with Crippen molar-refractivity contribution in [1.82, 2.24) is 0 Å². The summed E-state index contributed by atoms with van der Waals surface area (Å²) in [5.74, 6) is -0.0400. The molecule has 0 bridgehead atoms. The number of nitrogens with one attached hydrogen (secondary N) is 2. The molecular weight excluding hydrogens is 396 g/mol. The summed E-state index contributed by atoms with van der Waals surface area (Å²) in [6.45, 7) is 3.40. The maximum Gasteiger partial charge on any atom is 0.255 e. The van der Waals surface area contributed by atoms with Crippen LogP contribution in [0.2, 0.25) is 0 Å². The van der Waals surface area contributed by atoms with Crippen LogP contribution in [0.4, 0.5) is 11.4 Å². The summed E-state index contributed by atoms with van der Waals surface area (Å²) >= 11 is 1.40. The lowest BCUT2D eigenvalue weighted by Crippen LogP contribution is -2.14. The maximum atomic E-state index is 12.4. The third-order valence-electron chi connectivity index (χ3n) is 4.45. The number of hydrogen-bond donors (Lipinski definition) is 2. The molecule has 0 radical (unpaired) electrons. The van der Waals surface area contributed by atoms with Crippen LogP contribution in [0.25, 0.3) is 0 Å². The van der Waals surface area contributed by atoms with Crippen LogP contribution in [0.15, 0.2) is 77.7 Å². The van der Waals surface area contributed by atoms with Gasteiger partial charge in [-0.15, -0.1) is 11.8 Å². The van der Waals surface area contributed by atoms with Crippen molar-refractivity contribution in [3.8, 4) is 0 Å². The minimum atomic E-state index is -0.149. The minimum absolute atomic E-state index is 0.0121. The number of carbonyl (C=O) groups excluding carboxylic acids is 3. The lowest BCUT2D eigenvalue weighted by molar-refractivity contribution is -0.113. The number of ketones is 1. The molecule has 0 aliphatic heterocycles. The number of carbonyl (C=O) groups is 3. The molecule has 3 rings (SSSR count). The molecular formula is C24H22N2O3S. The summed E-state index contributed by atoms with van der Waals surface area (Å²) in [4.78, 5) is 36.7. The minimum Gasteiger partial charge on any atom is -0.325 e. The van der Waals surface area contributed by atoms with Crippen molar-refractivity contribution < 1.29 is 14.4 Å². The zero-order valence-corrected chi connectivity index (χ0v) is 17.6. The third-order valence-corrected chi connectivity index (χ3v) is 5.46. The van der Waals surface area contributed by atoms with Crippen LogP contribution in [0, 0.1) is 6.92 Å². The number of amides is 2.